The first kappa shape index (κ1) is 14.4. The van der Waals surface area contributed by atoms with Crippen molar-refractivity contribution < 1.29 is 19.7 Å². The van der Waals surface area contributed by atoms with Gasteiger partial charge in [-0.1, -0.05) is 13.3 Å². The van der Waals surface area contributed by atoms with Crippen LogP contribution in [0.2, 0.25) is 0 Å². The summed E-state index contributed by atoms with van der Waals surface area (Å²) in [7, 11) is 0. The van der Waals surface area contributed by atoms with Gasteiger partial charge >= 0.3 is 5.97 Å². The van der Waals surface area contributed by atoms with Gasteiger partial charge in [0.1, 0.15) is 0 Å². The number of carbonyl (C=O) groups excluding carboxylic acids is 1. The Morgan fingerprint density at radius 2 is 1.87 bits per heavy atom. The highest BCUT2D eigenvalue weighted by Gasteiger charge is 2.29. The fourth-order valence-electron chi connectivity index (χ4n) is 1.03. The van der Waals surface area contributed by atoms with E-state index in [4.69, 9.17) is 9.84 Å². The van der Waals surface area contributed by atoms with Gasteiger partial charge in [0.2, 0.25) is 0 Å². The number of rotatable bonds is 8. The minimum Gasteiger partial charge on any atom is -0.464 e. The number of unbranched alkanes of at least 4 members (excludes halogenated alkanes) is 3. The Hall–Kier alpha value is -0.610. The Balaban J connectivity index is 3.47. The molecule has 0 bridgehead atoms. The Morgan fingerprint density at radius 1 is 1.27 bits per heavy atom. The molecule has 0 aliphatic rings. The SMILES string of the molecule is CCC(C)(O)C(=O)OCCCCCCO. The van der Waals surface area contributed by atoms with Crippen LogP contribution in [0.4, 0.5) is 0 Å². The molecule has 0 aromatic carbocycles. The second kappa shape index (κ2) is 7.65. The summed E-state index contributed by atoms with van der Waals surface area (Å²) >= 11 is 0. The molecule has 0 aliphatic carbocycles. The van der Waals surface area contributed by atoms with Crippen molar-refractivity contribution in [3.8, 4) is 0 Å². The summed E-state index contributed by atoms with van der Waals surface area (Å²) < 4.78 is 4.93. The van der Waals surface area contributed by atoms with Crippen LogP contribution in [0.15, 0.2) is 0 Å². The molecule has 0 aliphatic heterocycles. The third kappa shape index (κ3) is 6.47. The van der Waals surface area contributed by atoms with Gasteiger partial charge in [-0.05, 0) is 32.6 Å². The van der Waals surface area contributed by atoms with Gasteiger partial charge in [0.05, 0.1) is 6.61 Å². The molecule has 2 N–H and O–H groups in total. The lowest BCUT2D eigenvalue weighted by Crippen LogP contribution is -2.36. The largest absolute Gasteiger partial charge is 0.464 e. The van der Waals surface area contributed by atoms with Crippen molar-refractivity contribution >= 4 is 5.97 Å². The molecular weight excluding hydrogens is 196 g/mol. The number of hydrogen-bond donors (Lipinski definition) is 2. The third-order valence-corrected chi connectivity index (χ3v) is 2.41. The first-order chi connectivity index (χ1) is 7.04. The van der Waals surface area contributed by atoms with Crippen LogP contribution in [0.1, 0.15) is 46.0 Å². The van der Waals surface area contributed by atoms with E-state index in [1.807, 2.05) is 0 Å². The van der Waals surface area contributed by atoms with Gasteiger partial charge in [0.15, 0.2) is 5.60 Å². The second-order valence-electron chi connectivity index (χ2n) is 3.90. The molecule has 15 heavy (non-hydrogen) atoms. The molecule has 0 spiro atoms. The Kier molecular flexibility index (Phi) is 7.34. The summed E-state index contributed by atoms with van der Waals surface area (Å²) in [6.07, 6.45) is 3.81. The van der Waals surface area contributed by atoms with E-state index in [9.17, 15) is 9.90 Å². The fraction of sp³-hybridized carbons (Fsp3) is 0.909. The molecule has 1 unspecified atom stereocenters. The van der Waals surface area contributed by atoms with Crippen LogP contribution in [-0.2, 0) is 9.53 Å². The highest BCUT2D eigenvalue weighted by molar-refractivity contribution is 5.78. The third-order valence-electron chi connectivity index (χ3n) is 2.41. The molecular formula is C11H22O4. The first-order valence-electron chi connectivity index (χ1n) is 5.55. The van der Waals surface area contributed by atoms with Gasteiger partial charge in [-0.15, -0.1) is 0 Å². The summed E-state index contributed by atoms with van der Waals surface area (Å²) in [5, 5.41) is 18.1. The van der Waals surface area contributed by atoms with Crippen molar-refractivity contribution in [2.75, 3.05) is 13.2 Å². The zero-order valence-electron chi connectivity index (χ0n) is 9.66. The average Bonchev–Trinajstić information content (AvgIpc) is 2.22. The maximum atomic E-state index is 11.3. The smallest absolute Gasteiger partial charge is 0.337 e. The van der Waals surface area contributed by atoms with Gasteiger partial charge in [-0.2, -0.15) is 0 Å². The molecule has 0 amide bonds. The van der Waals surface area contributed by atoms with Crippen molar-refractivity contribution in [1.82, 2.24) is 0 Å². The summed E-state index contributed by atoms with van der Waals surface area (Å²) in [6, 6.07) is 0. The van der Waals surface area contributed by atoms with E-state index in [2.05, 4.69) is 0 Å². The van der Waals surface area contributed by atoms with Crippen LogP contribution in [0.25, 0.3) is 0 Å². The van der Waals surface area contributed by atoms with Crippen LogP contribution in [-0.4, -0.2) is 35.0 Å². The fourth-order valence-corrected chi connectivity index (χ4v) is 1.03. The van der Waals surface area contributed by atoms with Crippen LogP contribution < -0.4 is 0 Å². The van der Waals surface area contributed by atoms with Crippen molar-refractivity contribution in [1.29, 1.82) is 0 Å². The minimum absolute atomic E-state index is 0.213. The topological polar surface area (TPSA) is 66.8 Å². The zero-order chi connectivity index (χ0) is 11.7. The summed E-state index contributed by atoms with van der Waals surface area (Å²) in [6.45, 7) is 3.76. The van der Waals surface area contributed by atoms with E-state index in [0.29, 0.717) is 13.0 Å². The molecule has 0 saturated heterocycles. The van der Waals surface area contributed by atoms with Gasteiger partial charge in [-0.3, -0.25) is 0 Å². The average molecular weight is 218 g/mol. The van der Waals surface area contributed by atoms with E-state index in [1.54, 1.807) is 6.92 Å². The number of carbonyl (C=O) groups is 1. The van der Waals surface area contributed by atoms with E-state index in [0.717, 1.165) is 25.7 Å². The van der Waals surface area contributed by atoms with E-state index in [-0.39, 0.29) is 6.61 Å². The van der Waals surface area contributed by atoms with Crippen molar-refractivity contribution in [3.05, 3.63) is 0 Å². The Bertz CT molecular complexity index is 177. The van der Waals surface area contributed by atoms with Crippen LogP contribution in [0, 0.1) is 0 Å². The predicted octanol–water partition coefficient (Wildman–Crippen LogP) is 1.24. The number of ether oxygens (including phenoxy) is 1. The molecule has 0 radical (unpaired) electrons. The lowest BCUT2D eigenvalue weighted by atomic mass is 10.1. The number of hydrogen-bond acceptors (Lipinski definition) is 4. The van der Waals surface area contributed by atoms with Gasteiger partial charge in [0, 0.05) is 6.61 Å². The molecule has 0 fully saturated rings. The highest BCUT2D eigenvalue weighted by atomic mass is 16.5. The maximum Gasteiger partial charge on any atom is 0.337 e. The molecule has 4 heteroatoms. The number of aliphatic hydroxyl groups excluding tert-OH is 1. The normalized spacial score (nSPS) is 14.7. The van der Waals surface area contributed by atoms with Crippen molar-refractivity contribution in [2.24, 2.45) is 0 Å². The first-order valence-corrected chi connectivity index (χ1v) is 5.55. The summed E-state index contributed by atoms with van der Waals surface area (Å²) in [4.78, 5) is 11.3. The Morgan fingerprint density at radius 3 is 2.40 bits per heavy atom. The molecule has 0 rings (SSSR count). The van der Waals surface area contributed by atoms with Crippen molar-refractivity contribution in [2.45, 2.75) is 51.6 Å². The van der Waals surface area contributed by atoms with E-state index >= 15 is 0 Å². The van der Waals surface area contributed by atoms with Gasteiger partial charge < -0.3 is 14.9 Å². The van der Waals surface area contributed by atoms with Crippen LogP contribution in [0.3, 0.4) is 0 Å². The highest BCUT2D eigenvalue weighted by Crippen LogP contribution is 2.11. The van der Waals surface area contributed by atoms with E-state index in [1.165, 1.54) is 6.92 Å². The second-order valence-corrected chi connectivity index (χ2v) is 3.90. The monoisotopic (exact) mass is 218 g/mol. The minimum atomic E-state index is -1.36. The number of aliphatic hydroxyl groups is 2. The molecule has 1 atom stereocenters. The zero-order valence-corrected chi connectivity index (χ0v) is 9.66. The van der Waals surface area contributed by atoms with E-state index < -0.39 is 11.6 Å². The molecule has 0 saturated carbocycles. The standard InChI is InChI=1S/C11H22O4/c1-3-11(2,14)10(13)15-9-7-5-4-6-8-12/h12,14H,3-9H2,1-2H3. The molecule has 0 aromatic heterocycles. The van der Waals surface area contributed by atoms with Gasteiger partial charge in [0.25, 0.3) is 0 Å². The molecule has 90 valence electrons. The quantitative estimate of drug-likeness (QED) is 0.475. The summed E-state index contributed by atoms with van der Waals surface area (Å²) in [5.74, 6) is -0.549. The van der Waals surface area contributed by atoms with Gasteiger partial charge in [-0.25, -0.2) is 4.79 Å². The maximum absolute atomic E-state index is 11.3. The summed E-state index contributed by atoms with van der Waals surface area (Å²) in [5.41, 5.74) is -1.36. The van der Waals surface area contributed by atoms with Crippen LogP contribution in [0.5, 0.6) is 0 Å². The Labute approximate surface area is 91.3 Å². The predicted molar refractivity (Wildman–Crippen MR) is 57.4 cm³/mol. The lowest BCUT2D eigenvalue weighted by molar-refractivity contribution is -0.164. The van der Waals surface area contributed by atoms with Crippen LogP contribution >= 0.6 is 0 Å². The molecule has 0 aromatic rings. The number of esters is 1. The molecule has 0 heterocycles. The lowest BCUT2D eigenvalue weighted by Gasteiger charge is -2.18. The molecule has 4 nitrogen and oxygen atoms in total. The van der Waals surface area contributed by atoms with Crippen molar-refractivity contribution in [3.63, 3.8) is 0 Å².